The standard InChI is InChI=1S/C12H18.2C2H6/c1-5-8-10-12(9-6-2)11(4)7-3;2*1-2/h5-6,8-11H,1-2,7H2,3-4H3;2*1-2H3/b10-8-,12-9+;;. The van der Waals surface area contributed by atoms with Gasteiger partial charge in [0.1, 0.15) is 0 Å². The van der Waals surface area contributed by atoms with Crippen LogP contribution < -0.4 is 0 Å². The van der Waals surface area contributed by atoms with Gasteiger partial charge in [-0.1, -0.05) is 85.1 Å². The van der Waals surface area contributed by atoms with Gasteiger partial charge in [0.15, 0.2) is 0 Å². The fourth-order valence-corrected chi connectivity index (χ4v) is 0.935. The molecule has 0 aliphatic heterocycles. The molecule has 0 heteroatoms. The van der Waals surface area contributed by atoms with Gasteiger partial charge >= 0.3 is 0 Å². The maximum Gasteiger partial charge on any atom is -0.0193 e. The third-order valence-corrected chi connectivity index (χ3v) is 1.92. The fourth-order valence-electron chi connectivity index (χ4n) is 0.935. The van der Waals surface area contributed by atoms with Gasteiger partial charge in [-0.05, 0) is 17.9 Å². The van der Waals surface area contributed by atoms with Crippen molar-refractivity contribution in [2.75, 3.05) is 0 Å². The minimum Gasteiger partial charge on any atom is -0.0991 e. The van der Waals surface area contributed by atoms with Crippen LogP contribution in [-0.2, 0) is 0 Å². The first kappa shape index (κ1) is 20.4. The Balaban J connectivity index is -0.000000376. The molecule has 0 nitrogen and oxygen atoms in total. The van der Waals surface area contributed by atoms with E-state index in [1.54, 1.807) is 6.08 Å². The summed E-state index contributed by atoms with van der Waals surface area (Å²) in [5, 5.41) is 0. The lowest BCUT2D eigenvalue weighted by Gasteiger charge is -2.08. The van der Waals surface area contributed by atoms with Crippen LogP contribution in [0.4, 0.5) is 0 Å². The molecule has 0 rings (SSSR count). The number of rotatable bonds is 5. The third-order valence-electron chi connectivity index (χ3n) is 1.92. The lowest BCUT2D eigenvalue weighted by atomic mass is 9.97. The average molecular weight is 222 g/mol. The Labute approximate surface area is 103 Å². The van der Waals surface area contributed by atoms with Crippen molar-refractivity contribution in [1.82, 2.24) is 0 Å². The molecule has 0 aliphatic carbocycles. The Kier molecular flexibility index (Phi) is 24.9. The topological polar surface area (TPSA) is 0 Å². The quantitative estimate of drug-likeness (QED) is 0.505. The molecule has 0 N–H and O–H groups in total. The van der Waals surface area contributed by atoms with Crippen LogP contribution in [0.15, 0.2) is 49.1 Å². The van der Waals surface area contributed by atoms with E-state index in [1.165, 1.54) is 5.57 Å². The Bertz CT molecular complexity index is 194. The second-order valence-corrected chi connectivity index (χ2v) is 2.81. The summed E-state index contributed by atoms with van der Waals surface area (Å²) < 4.78 is 0. The van der Waals surface area contributed by atoms with E-state index in [0.29, 0.717) is 5.92 Å². The molecule has 0 fully saturated rings. The Morgan fingerprint density at radius 1 is 1.06 bits per heavy atom. The summed E-state index contributed by atoms with van der Waals surface area (Å²) >= 11 is 0. The highest BCUT2D eigenvalue weighted by molar-refractivity contribution is 5.26. The molecule has 16 heavy (non-hydrogen) atoms. The first-order valence-corrected chi connectivity index (χ1v) is 6.38. The molecule has 0 spiro atoms. The summed E-state index contributed by atoms with van der Waals surface area (Å²) in [5.41, 5.74) is 1.31. The summed E-state index contributed by atoms with van der Waals surface area (Å²) in [6.07, 6.45) is 10.9. The molecule has 0 aromatic rings. The molecule has 0 aromatic heterocycles. The molecule has 0 saturated carbocycles. The molecule has 0 aromatic carbocycles. The van der Waals surface area contributed by atoms with E-state index in [-0.39, 0.29) is 0 Å². The zero-order chi connectivity index (χ0) is 13.4. The minimum atomic E-state index is 0.596. The molecule has 0 heterocycles. The van der Waals surface area contributed by atoms with Crippen molar-refractivity contribution in [3.05, 3.63) is 49.1 Å². The van der Waals surface area contributed by atoms with E-state index < -0.39 is 0 Å². The highest BCUT2D eigenvalue weighted by atomic mass is 14.1. The normalized spacial score (nSPS) is 11.8. The number of allylic oxidation sites excluding steroid dienone is 6. The Morgan fingerprint density at radius 3 is 1.88 bits per heavy atom. The van der Waals surface area contributed by atoms with Crippen LogP contribution in [0.5, 0.6) is 0 Å². The van der Waals surface area contributed by atoms with Crippen molar-refractivity contribution in [3.63, 3.8) is 0 Å². The lowest BCUT2D eigenvalue weighted by Crippen LogP contribution is -1.94. The monoisotopic (exact) mass is 222 g/mol. The molecule has 0 radical (unpaired) electrons. The van der Waals surface area contributed by atoms with Crippen LogP contribution in [0.2, 0.25) is 0 Å². The second kappa shape index (κ2) is 19.5. The lowest BCUT2D eigenvalue weighted by molar-refractivity contribution is 0.670. The summed E-state index contributed by atoms with van der Waals surface area (Å²) in [4.78, 5) is 0. The molecule has 94 valence electrons. The van der Waals surface area contributed by atoms with Crippen molar-refractivity contribution in [2.45, 2.75) is 48.0 Å². The molecule has 1 unspecified atom stereocenters. The van der Waals surface area contributed by atoms with Crippen LogP contribution in [0.25, 0.3) is 0 Å². The molecular formula is C16H30. The number of hydrogen-bond acceptors (Lipinski definition) is 0. The smallest absolute Gasteiger partial charge is 0.0193 e. The van der Waals surface area contributed by atoms with E-state index in [4.69, 9.17) is 0 Å². The van der Waals surface area contributed by atoms with Gasteiger partial charge in [-0.15, -0.1) is 0 Å². The summed E-state index contributed by atoms with van der Waals surface area (Å²) in [5.74, 6) is 0.596. The van der Waals surface area contributed by atoms with Crippen LogP contribution in [-0.4, -0.2) is 0 Å². The van der Waals surface area contributed by atoms with Gasteiger partial charge in [0, 0.05) is 0 Å². The molecule has 1 atom stereocenters. The fraction of sp³-hybridized carbons (Fsp3) is 0.500. The van der Waals surface area contributed by atoms with Gasteiger partial charge in [0.25, 0.3) is 0 Å². The molecular weight excluding hydrogens is 192 g/mol. The molecule has 0 saturated heterocycles. The van der Waals surface area contributed by atoms with Crippen molar-refractivity contribution in [1.29, 1.82) is 0 Å². The van der Waals surface area contributed by atoms with Crippen LogP contribution >= 0.6 is 0 Å². The van der Waals surface area contributed by atoms with E-state index in [0.717, 1.165) is 6.42 Å². The summed E-state index contributed by atoms with van der Waals surface area (Å²) in [7, 11) is 0. The molecule has 0 bridgehead atoms. The second-order valence-electron chi connectivity index (χ2n) is 2.81. The predicted molar refractivity (Wildman–Crippen MR) is 79.8 cm³/mol. The van der Waals surface area contributed by atoms with Crippen LogP contribution in [0, 0.1) is 5.92 Å². The van der Waals surface area contributed by atoms with Crippen LogP contribution in [0.3, 0.4) is 0 Å². The van der Waals surface area contributed by atoms with Crippen molar-refractivity contribution in [3.8, 4) is 0 Å². The summed E-state index contributed by atoms with van der Waals surface area (Å²) in [6, 6.07) is 0. The molecule has 0 amide bonds. The van der Waals surface area contributed by atoms with Gasteiger partial charge in [0.2, 0.25) is 0 Å². The highest BCUT2D eigenvalue weighted by Crippen LogP contribution is 2.15. The van der Waals surface area contributed by atoms with Crippen LogP contribution in [0.1, 0.15) is 48.0 Å². The summed E-state index contributed by atoms with van der Waals surface area (Å²) in [6.45, 7) is 19.7. The van der Waals surface area contributed by atoms with Gasteiger partial charge in [-0.3, -0.25) is 0 Å². The van der Waals surface area contributed by atoms with Gasteiger partial charge in [-0.2, -0.15) is 0 Å². The van der Waals surface area contributed by atoms with E-state index in [9.17, 15) is 0 Å². The van der Waals surface area contributed by atoms with Crippen molar-refractivity contribution < 1.29 is 0 Å². The number of hydrogen-bond donors (Lipinski definition) is 0. The van der Waals surface area contributed by atoms with Gasteiger partial charge in [0.05, 0.1) is 0 Å². The SMILES string of the molecule is C=C/C=C\C(=C/C=C)C(C)CC.CC.CC. The maximum absolute atomic E-state index is 3.69. The Morgan fingerprint density at radius 2 is 1.56 bits per heavy atom. The first-order valence-electron chi connectivity index (χ1n) is 6.38. The maximum atomic E-state index is 3.69. The largest absolute Gasteiger partial charge is 0.0991 e. The zero-order valence-electron chi connectivity index (χ0n) is 12.1. The predicted octanol–water partition coefficient (Wildman–Crippen LogP) is 5.94. The average Bonchev–Trinajstić information content (AvgIpc) is 2.38. The Hall–Kier alpha value is -1.04. The highest BCUT2D eigenvalue weighted by Gasteiger charge is 2.00. The van der Waals surface area contributed by atoms with E-state index in [2.05, 4.69) is 33.1 Å². The van der Waals surface area contributed by atoms with Gasteiger partial charge in [-0.25, -0.2) is 0 Å². The molecule has 0 aliphatic rings. The van der Waals surface area contributed by atoms with Crippen molar-refractivity contribution >= 4 is 0 Å². The van der Waals surface area contributed by atoms with Crippen molar-refractivity contribution in [2.24, 2.45) is 5.92 Å². The van der Waals surface area contributed by atoms with E-state index in [1.807, 2.05) is 45.9 Å². The minimum absolute atomic E-state index is 0.596. The van der Waals surface area contributed by atoms with E-state index >= 15 is 0 Å². The van der Waals surface area contributed by atoms with Gasteiger partial charge < -0.3 is 0 Å². The zero-order valence-corrected chi connectivity index (χ0v) is 12.1. The first-order chi connectivity index (χ1) is 7.76. The third kappa shape index (κ3) is 13.0.